The number of likely N-dealkylation sites (tertiary alicyclic amines) is 1. The fourth-order valence-corrected chi connectivity index (χ4v) is 5.10. The number of carbonyl (C=O) groups excluding carboxylic acids is 1. The molecule has 0 unspecified atom stereocenters. The van der Waals surface area contributed by atoms with E-state index in [1.807, 2.05) is 64.0 Å². The van der Waals surface area contributed by atoms with Gasteiger partial charge in [-0.25, -0.2) is 24.5 Å². The number of pyridine rings is 2. The first-order chi connectivity index (χ1) is 20.0. The fourth-order valence-electron chi connectivity index (χ4n) is 4.87. The van der Waals surface area contributed by atoms with E-state index < -0.39 is 5.60 Å². The molecule has 220 valence electrons. The predicted octanol–water partition coefficient (Wildman–Crippen LogP) is 5.93. The zero-order chi connectivity index (χ0) is 30.0. The van der Waals surface area contributed by atoms with Gasteiger partial charge in [0.2, 0.25) is 5.88 Å². The van der Waals surface area contributed by atoms with Gasteiger partial charge in [0.25, 0.3) is 0 Å². The van der Waals surface area contributed by atoms with Crippen molar-refractivity contribution < 1.29 is 14.3 Å². The SMILES string of the molecule is CN(C)C=Nc1nccc2c1n(-c1ccc(Oc3ccc(Br)cn3)cc1)c(=O)n2[C@@H]1CCCN(C(=O)OC(C)(C)C)C1. The van der Waals surface area contributed by atoms with Gasteiger partial charge in [-0.1, -0.05) is 0 Å². The number of hydrogen-bond donors (Lipinski definition) is 0. The van der Waals surface area contributed by atoms with Gasteiger partial charge >= 0.3 is 11.8 Å². The molecule has 1 aliphatic heterocycles. The van der Waals surface area contributed by atoms with E-state index in [0.717, 1.165) is 17.3 Å². The molecule has 1 atom stereocenters. The second kappa shape index (κ2) is 12.0. The highest BCUT2D eigenvalue weighted by Gasteiger charge is 2.31. The highest BCUT2D eigenvalue weighted by atomic mass is 79.9. The van der Waals surface area contributed by atoms with Crippen molar-refractivity contribution in [3.63, 3.8) is 0 Å². The molecule has 4 aromatic rings. The number of aromatic nitrogens is 4. The maximum Gasteiger partial charge on any atom is 0.410 e. The largest absolute Gasteiger partial charge is 0.444 e. The van der Waals surface area contributed by atoms with Gasteiger partial charge in [0.05, 0.1) is 23.6 Å². The lowest BCUT2D eigenvalue weighted by Gasteiger charge is -2.34. The summed E-state index contributed by atoms with van der Waals surface area (Å²) in [5, 5.41) is 0. The molecule has 0 N–H and O–H groups in total. The van der Waals surface area contributed by atoms with Crippen LogP contribution in [0, 0.1) is 0 Å². The highest BCUT2D eigenvalue weighted by Crippen LogP contribution is 2.31. The van der Waals surface area contributed by atoms with Crippen LogP contribution < -0.4 is 10.4 Å². The van der Waals surface area contributed by atoms with Crippen LogP contribution in [0.5, 0.6) is 11.6 Å². The summed E-state index contributed by atoms with van der Waals surface area (Å²) in [5.74, 6) is 1.45. The lowest BCUT2D eigenvalue weighted by Crippen LogP contribution is -2.45. The summed E-state index contributed by atoms with van der Waals surface area (Å²) < 4.78 is 15.8. The summed E-state index contributed by atoms with van der Waals surface area (Å²) in [6, 6.07) is 12.4. The van der Waals surface area contributed by atoms with E-state index in [9.17, 15) is 9.59 Å². The molecule has 12 heteroatoms. The van der Waals surface area contributed by atoms with Crippen molar-refractivity contribution in [3.05, 3.63) is 69.8 Å². The fraction of sp³-hybridized carbons (Fsp3) is 0.367. The topological polar surface area (TPSA) is 107 Å². The Bertz CT molecular complexity index is 1650. The smallest absolute Gasteiger partial charge is 0.410 e. The van der Waals surface area contributed by atoms with Crippen molar-refractivity contribution in [3.8, 4) is 17.3 Å². The molecule has 42 heavy (non-hydrogen) atoms. The minimum absolute atomic E-state index is 0.237. The zero-order valence-corrected chi connectivity index (χ0v) is 25.9. The van der Waals surface area contributed by atoms with Crippen molar-refractivity contribution in [1.29, 1.82) is 0 Å². The van der Waals surface area contributed by atoms with Crippen molar-refractivity contribution in [1.82, 2.24) is 28.9 Å². The summed E-state index contributed by atoms with van der Waals surface area (Å²) in [6.07, 6.45) is 6.08. The van der Waals surface area contributed by atoms with Gasteiger partial charge in [0.1, 0.15) is 16.9 Å². The van der Waals surface area contributed by atoms with Gasteiger partial charge < -0.3 is 19.3 Å². The van der Waals surface area contributed by atoms with E-state index in [2.05, 4.69) is 30.9 Å². The molecule has 1 aromatic carbocycles. The van der Waals surface area contributed by atoms with Gasteiger partial charge in [-0.3, -0.25) is 9.13 Å². The minimum atomic E-state index is -0.606. The number of imidazole rings is 1. The second-order valence-electron chi connectivity index (χ2n) is 11.3. The first-order valence-electron chi connectivity index (χ1n) is 13.7. The van der Waals surface area contributed by atoms with Crippen LogP contribution >= 0.6 is 15.9 Å². The molecule has 11 nitrogen and oxygen atoms in total. The zero-order valence-electron chi connectivity index (χ0n) is 24.3. The van der Waals surface area contributed by atoms with Crippen LogP contribution in [-0.2, 0) is 4.74 Å². The number of ether oxygens (including phenoxy) is 2. The maximum atomic E-state index is 14.2. The Morgan fingerprint density at radius 2 is 1.88 bits per heavy atom. The lowest BCUT2D eigenvalue weighted by molar-refractivity contribution is 0.0173. The number of fused-ring (bicyclic) bond motifs is 1. The van der Waals surface area contributed by atoms with Gasteiger partial charge in [-0.05, 0) is 85.9 Å². The third-order valence-corrected chi connectivity index (χ3v) is 7.08. The molecule has 0 bridgehead atoms. The van der Waals surface area contributed by atoms with Crippen LogP contribution in [0.25, 0.3) is 16.7 Å². The summed E-state index contributed by atoms with van der Waals surface area (Å²) >= 11 is 3.37. The molecule has 0 saturated carbocycles. The van der Waals surface area contributed by atoms with E-state index in [0.29, 0.717) is 47.3 Å². The Balaban J connectivity index is 1.56. The number of carbonyl (C=O) groups is 1. The summed E-state index contributed by atoms with van der Waals surface area (Å²) in [7, 11) is 3.74. The molecule has 1 aliphatic rings. The first kappa shape index (κ1) is 29.3. The van der Waals surface area contributed by atoms with E-state index in [1.54, 1.807) is 51.0 Å². The number of aliphatic imine (C=N–C) groups is 1. The lowest BCUT2D eigenvalue weighted by atomic mass is 10.1. The average molecular weight is 637 g/mol. The molecule has 4 heterocycles. The van der Waals surface area contributed by atoms with Crippen molar-refractivity contribution in [2.75, 3.05) is 27.2 Å². The molecule has 1 amide bonds. The summed E-state index contributed by atoms with van der Waals surface area (Å²) in [5.41, 5.74) is 1.06. The molecular formula is C30H34BrN7O4. The number of rotatable bonds is 6. The van der Waals surface area contributed by atoms with Crippen LogP contribution in [0.1, 0.15) is 39.7 Å². The van der Waals surface area contributed by atoms with E-state index in [-0.39, 0.29) is 17.8 Å². The molecule has 3 aromatic heterocycles. The van der Waals surface area contributed by atoms with E-state index in [1.165, 1.54) is 0 Å². The van der Waals surface area contributed by atoms with Crippen LogP contribution in [0.15, 0.2) is 69.1 Å². The molecule has 0 radical (unpaired) electrons. The number of piperidine rings is 1. The third-order valence-electron chi connectivity index (χ3n) is 6.61. The molecule has 0 spiro atoms. The summed E-state index contributed by atoms with van der Waals surface area (Å²) in [6.45, 7) is 6.48. The number of nitrogens with zero attached hydrogens (tertiary/aromatic N) is 7. The van der Waals surface area contributed by atoms with Crippen molar-refractivity contribution >= 4 is 45.2 Å². The van der Waals surface area contributed by atoms with E-state index in [4.69, 9.17) is 9.47 Å². The minimum Gasteiger partial charge on any atom is -0.444 e. The normalized spacial score (nSPS) is 15.8. The van der Waals surface area contributed by atoms with Crippen LogP contribution in [0.4, 0.5) is 10.6 Å². The third kappa shape index (κ3) is 6.48. The summed E-state index contributed by atoms with van der Waals surface area (Å²) in [4.78, 5) is 44.0. The van der Waals surface area contributed by atoms with E-state index >= 15 is 0 Å². The van der Waals surface area contributed by atoms with Crippen molar-refractivity contribution in [2.45, 2.75) is 45.3 Å². The Morgan fingerprint density at radius 3 is 2.55 bits per heavy atom. The number of hydrogen-bond acceptors (Lipinski definition) is 7. The van der Waals surface area contributed by atoms with Gasteiger partial charge in [0.15, 0.2) is 5.82 Å². The number of benzene rings is 1. The standard InChI is InChI=1S/C30H34BrN7O4/c1-30(2,3)42-29(40)36-16-6-7-22(18-36)37-24-14-15-32-27(34-19-35(4)5)26(24)38(28(37)39)21-9-11-23(12-10-21)41-25-13-8-20(31)17-33-25/h8-15,17,19,22H,6-7,16,18H2,1-5H3/t22-/m1/s1. The Kier molecular flexibility index (Phi) is 8.35. The quantitative estimate of drug-likeness (QED) is 0.191. The first-order valence-corrected chi connectivity index (χ1v) is 14.5. The number of halogens is 1. The molecule has 1 fully saturated rings. The predicted molar refractivity (Wildman–Crippen MR) is 165 cm³/mol. The molecular weight excluding hydrogens is 602 g/mol. The highest BCUT2D eigenvalue weighted by molar-refractivity contribution is 9.10. The van der Waals surface area contributed by atoms with Gasteiger partial charge in [-0.2, -0.15) is 0 Å². The molecule has 5 rings (SSSR count). The van der Waals surface area contributed by atoms with Crippen LogP contribution in [-0.4, -0.2) is 74.1 Å². The Labute approximate surface area is 252 Å². The average Bonchev–Trinajstić information content (AvgIpc) is 3.25. The molecule has 1 saturated heterocycles. The second-order valence-corrected chi connectivity index (χ2v) is 12.2. The van der Waals surface area contributed by atoms with Crippen LogP contribution in [0.2, 0.25) is 0 Å². The van der Waals surface area contributed by atoms with Gasteiger partial charge in [0, 0.05) is 50.1 Å². The molecule has 0 aliphatic carbocycles. The Morgan fingerprint density at radius 1 is 1.12 bits per heavy atom. The van der Waals surface area contributed by atoms with Crippen LogP contribution in [0.3, 0.4) is 0 Å². The number of amides is 1. The Hall–Kier alpha value is -4.19. The maximum absolute atomic E-state index is 14.2. The van der Waals surface area contributed by atoms with Crippen molar-refractivity contribution in [2.24, 2.45) is 4.99 Å². The monoisotopic (exact) mass is 635 g/mol. The van der Waals surface area contributed by atoms with Gasteiger partial charge in [-0.15, -0.1) is 0 Å².